The molecule has 0 aliphatic carbocycles. The largest absolute Gasteiger partial charge is 0.391 e. The molecule has 3 unspecified atom stereocenters. The molecule has 0 rings (SSSR count). The Bertz CT molecular complexity index is 643. The summed E-state index contributed by atoms with van der Waals surface area (Å²) in [5.41, 5.74) is 0. The Morgan fingerprint density at radius 3 is 1.32 bits per heavy atom. The highest BCUT2D eigenvalue weighted by Gasteiger charge is 2.28. The van der Waals surface area contributed by atoms with E-state index in [1.165, 1.54) is 83.5 Å². The molecule has 7 nitrogen and oxygen atoms in total. The van der Waals surface area contributed by atoms with Gasteiger partial charge in [-0.15, -0.1) is 0 Å². The lowest BCUT2D eigenvalue weighted by Crippen LogP contribution is -2.50. The minimum Gasteiger partial charge on any atom is -0.391 e. The van der Waals surface area contributed by atoms with E-state index in [9.17, 15) is 28.0 Å². The third-order valence-corrected chi connectivity index (χ3v) is 8.20. The number of carbonyl (C=O) groups is 1. The summed E-state index contributed by atoms with van der Waals surface area (Å²) in [6.07, 6.45) is 23.0. The predicted molar refractivity (Wildman–Crippen MR) is 158 cm³/mol. The molecule has 0 aliphatic heterocycles. The maximum absolute atomic E-state index is 12.4. The summed E-state index contributed by atoms with van der Waals surface area (Å²) in [7, 11) is -4.38. The van der Waals surface area contributed by atoms with Gasteiger partial charge >= 0.3 is 0 Å². The van der Waals surface area contributed by atoms with Gasteiger partial charge in [0.1, 0.15) is 6.10 Å². The summed E-state index contributed by atoms with van der Waals surface area (Å²) in [6, 6.07) is -1.14. The highest BCUT2D eigenvalue weighted by Crippen LogP contribution is 2.15. The van der Waals surface area contributed by atoms with Crippen molar-refractivity contribution in [2.45, 2.75) is 180 Å². The van der Waals surface area contributed by atoms with E-state index in [0.717, 1.165) is 44.9 Å². The Morgan fingerprint density at radius 1 is 0.605 bits per heavy atom. The second-order valence-corrected chi connectivity index (χ2v) is 12.7. The van der Waals surface area contributed by atoms with Crippen LogP contribution in [0.5, 0.6) is 0 Å². The van der Waals surface area contributed by atoms with Crippen molar-refractivity contribution >= 4 is 16.0 Å². The first-order valence-corrected chi connectivity index (χ1v) is 17.4. The summed E-state index contributed by atoms with van der Waals surface area (Å²) in [5, 5.41) is 23.2. The number of aliphatic hydroxyl groups excluding tert-OH is 2. The predicted octanol–water partition coefficient (Wildman–Crippen LogP) is 7.09. The van der Waals surface area contributed by atoms with E-state index in [0.29, 0.717) is 19.3 Å². The number of unbranched alkanes of at least 4 members (excludes halogenated alkanes) is 19. The van der Waals surface area contributed by atoms with E-state index in [4.69, 9.17) is 0 Å². The third-order valence-electron chi connectivity index (χ3n) is 7.42. The molecular weight excluding hydrogens is 502 g/mol. The van der Waals surface area contributed by atoms with Gasteiger partial charge in [-0.2, -0.15) is 8.42 Å². The second kappa shape index (κ2) is 25.3. The van der Waals surface area contributed by atoms with E-state index >= 15 is 0 Å². The fraction of sp³-hybridized carbons (Fsp3) is 0.967. The molecule has 0 saturated heterocycles. The summed E-state index contributed by atoms with van der Waals surface area (Å²) in [5.74, 6) is -1.45. The van der Waals surface area contributed by atoms with Gasteiger partial charge < -0.3 is 15.5 Å². The number of hydrogen-bond acceptors (Lipinski definition) is 5. The number of aliphatic hydroxyl groups is 2. The van der Waals surface area contributed by atoms with Crippen molar-refractivity contribution in [3.63, 3.8) is 0 Å². The van der Waals surface area contributed by atoms with E-state index in [2.05, 4.69) is 19.2 Å². The van der Waals surface area contributed by atoms with Crippen LogP contribution in [0.3, 0.4) is 0 Å². The van der Waals surface area contributed by atoms with Crippen LogP contribution in [-0.4, -0.2) is 53.1 Å². The van der Waals surface area contributed by atoms with E-state index in [-0.39, 0.29) is 0 Å². The Labute approximate surface area is 234 Å². The average molecular weight is 564 g/mol. The SMILES string of the molecule is CCCCCCCCCCCCCCCCCC(O)C(=O)NC(CS(=O)(=O)O)C(O)CCCCCCCC. The summed E-state index contributed by atoms with van der Waals surface area (Å²) in [4.78, 5) is 12.4. The smallest absolute Gasteiger partial charge is 0.266 e. The second-order valence-electron chi connectivity index (χ2n) is 11.2. The Balaban J connectivity index is 4.00. The van der Waals surface area contributed by atoms with Gasteiger partial charge in [0.05, 0.1) is 17.9 Å². The number of rotatable bonds is 28. The number of hydrogen-bond donors (Lipinski definition) is 4. The Kier molecular flexibility index (Phi) is 24.8. The first-order chi connectivity index (χ1) is 18.2. The number of carbonyl (C=O) groups excluding carboxylic acids is 1. The maximum atomic E-state index is 12.4. The fourth-order valence-corrected chi connectivity index (χ4v) is 5.69. The zero-order valence-corrected chi connectivity index (χ0v) is 25.5. The lowest BCUT2D eigenvalue weighted by Gasteiger charge is -2.24. The first kappa shape index (κ1) is 37.3. The van der Waals surface area contributed by atoms with Gasteiger partial charge in [-0.25, -0.2) is 0 Å². The van der Waals surface area contributed by atoms with Gasteiger partial charge in [-0.3, -0.25) is 9.35 Å². The molecule has 0 heterocycles. The van der Waals surface area contributed by atoms with Crippen molar-refractivity contribution in [1.82, 2.24) is 5.32 Å². The minimum atomic E-state index is -4.38. The van der Waals surface area contributed by atoms with Crippen LogP contribution in [0.15, 0.2) is 0 Å². The van der Waals surface area contributed by atoms with Crippen molar-refractivity contribution in [1.29, 1.82) is 0 Å². The van der Waals surface area contributed by atoms with Crippen LogP contribution >= 0.6 is 0 Å². The van der Waals surface area contributed by atoms with Crippen molar-refractivity contribution < 1.29 is 28.0 Å². The lowest BCUT2D eigenvalue weighted by molar-refractivity contribution is -0.131. The minimum absolute atomic E-state index is 0.302. The molecule has 0 saturated carbocycles. The summed E-state index contributed by atoms with van der Waals surface area (Å²) >= 11 is 0. The topological polar surface area (TPSA) is 124 Å². The molecule has 3 atom stereocenters. The highest BCUT2D eigenvalue weighted by molar-refractivity contribution is 7.85. The van der Waals surface area contributed by atoms with Crippen molar-refractivity contribution in [2.75, 3.05) is 5.75 Å². The fourth-order valence-electron chi connectivity index (χ4n) is 4.93. The molecule has 0 aromatic heterocycles. The van der Waals surface area contributed by atoms with Crippen LogP contribution in [0.25, 0.3) is 0 Å². The van der Waals surface area contributed by atoms with Gasteiger partial charge in [0, 0.05) is 0 Å². The molecule has 8 heteroatoms. The van der Waals surface area contributed by atoms with Gasteiger partial charge in [0.25, 0.3) is 10.1 Å². The molecule has 0 fully saturated rings. The Morgan fingerprint density at radius 2 is 0.947 bits per heavy atom. The normalized spacial score (nSPS) is 14.3. The van der Waals surface area contributed by atoms with Crippen LogP contribution in [0.4, 0.5) is 0 Å². The van der Waals surface area contributed by atoms with Crippen molar-refractivity contribution in [3.8, 4) is 0 Å². The zero-order chi connectivity index (χ0) is 28.5. The van der Waals surface area contributed by atoms with Crippen molar-refractivity contribution in [3.05, 3.63) is 0 Å². The number of nitrogens with one attached hydrogen (secondary N) is 1. The molecule has 0 aliphatic rings. The van der Waals surface area contributed by atoms with Gasteiger partial charge in [-0.05, 0) is 12.8 Å². The summed E-state index contributed by atoms with van der Waals surface area (Å²) in [6.45, 7) is 4.39. The molecule has 0 radical (unpaired) electrons. The van der Waals surface area contributed by atoms with Gasteiger partial charge in [-0.1, -0.05) is 149 Å². The van der Waals surface area contributed by atoms with Gasteiger partial charge in [0.2, 0.25) is 5.91 Å². The third kappa shape index (κ3) is 24.3. The van der Waals surface area contributed by atoms with E-state index in [1.807, 2.05) is 0 Å². The molecule has 38 heavy (non-hydrogen) atoms. The highest BCUT2D eigenvalue weighted by atomic mass is 32.2. The van der Waals surface area contributed by atoms with Crippen LogP contribution < -0.4 is 5.32 Å². The van der Waals surface area contributed by atoms with E-state index < -0.39 is 40.0 Å². The van der Waals surface area contributed by atoms with Crippen LogP contribution in [-0.2, 0) is 14.9 Å². The average Bonchev–Trinajstić information content (AvgIpc) is 2.86. The molecule has 0 aromatic carbocycles. The quantitative estimate of drug-likeness (QED) is 0.0595. The zero-order valence-electron chi connectivity index (χ0n) is 24.7. The molecule has 0 bridgehead atoms. The van der Waals surface area contributed by atoms with Gasteiger partial charge in [0.15, 0.2) is 0 Å². The molecular formula is C30H61NO6S. The summed E-state index contributed by atoms with van der Waals surface area (Å²) < 4.78 is 32.1. The first-order valence-electron chi connectivity index (χ1n) is 15.8. The molecule has 0 aromatic rings. The molecule has 228 valence electrons. The molecule has 1 amide bonds. The van der Waals surface area contributed by atoms with E-state index in [1.54, 1.807) is 0 Å². The van der Waals surface area contributed by atoms with Crippen LogP contribution in [0, 0.1) is 0 Å². The van der Waals surface area contributed by atoms with Crippen LogP contribution in [0.2, 0.25) is 0 Å². The molecule has 4 N–H and O–H groups in total. The maximum Gasteiger partial charge on any atom is 0.266 e. The molecule has 0 spiro atoms. The monoisotopic (exact) mass is 563 g/mol. The number of amides is 1. The van der Waals surface area contributed by atoms with Crippen LogP contribution in [0.1, 0.15) is 162 Å². The Hall–Kier alpha value is -0.700. The lowest BCUT2D eigenvalue weighted by atomic mass is 10.0. The standard InChI is InChI=1S/C30H61NO6S/c1-3-5-7-9-11-12-13-14-15-16-17-18-19-21-23-25-29(33)30(34)31-27(26-38(35,36)37)28(32)24-22-20-10-8-6-4-2/h27-29,32-33H,3-26H2,1-2H3,(H,31,34)(H,35,36,37). The van der Waals surface area contributed by atoms with Crippen molar-refractivity contribution in [2.24, 2.45) is 0 Å².